The van der Waals surface area contributed by atoms with Gasteiger partial charge in [0, 0.05) is 5.56 Å². The number of hydrogen-bond donors (Lipinski definition) is 1. The predicted molar refractivity (Wildman–Crippen MR) is 59.9 cm³/mol. The smallest absolute Gasteiger partial charge is 0.171 e. The zero-order valence-electron chi connectivity index (χ0n) is 9.66. The molecule has 1 saturated carbocycles. The summed E-state index contributed by atoms with van der Waals surface area (Å²) in [7, 11) is 1.43. The second-order valence-electron chi connectivity index (χ2n) is 4.37. The van der Waals surface area contributed by atoms with Gasteiger partial charge < -0.3 is 9.84 Å². The van der Waals surface area contributed by atoms with Gasteiger partial charge in [0.1, 0.15) is 0 Å². The van der Waals surface area contributed by atoms with Crippen molar-refractivity contribution in [3.05, 3.63) is 29.6 Å². The molecule has 0 radical (unpaired) electrons. The number of aliphatic hydroxyl groups is 1. The molecule has 1 fully saturated rings. The maximum Gasteiger partial charge on any atom is 0.171 e. The molecule has 16 heavy (non-hydrogen) atoms. The van der Waals surface area contributed by atoms with Crippen LogP contribution in [-0.4, -0.2) is 12.2 Å². The molecule has 3 heteroatoms. The van der Waals surface area contributed by atoms with E-state index in [1.165, 1.54) is 7.11 Å². The lowest BCUT2D eigenvalue weighted by Gasteiger charge is -2.28. The largest absolute Gasteiger partial charge is 0.494 e. The van der Waals surface area contributed by atoms with Gasteiger partial charge in [-0.1, -0.05) is 19.1 Å². The molecule has 0 heterocycles. The van der Waals surface area contributed by atoms with Gasteiger partial charge in [-0.25, -0.2) is 4.39 Å². The van der Waals surface area contributed by atoms with Gasteiger partial charge in [-0.15, -0.1) is 0 Å². The molecule has 1 aromatic carbocycles. The normalized spacial score (nSPS) is 19.2. The first kappa shape index (κ1) is 11.4. The van der Waals surface area contributed by atoms with Gasteiger partial charge in [-0.2, -0.15) is 0 Å². The van der Waals surface area contributed by atoms with E-state index in [4.69, 9.17) is 4.74 Å². The first-order valence-electron chi connectivity index (χ1n) is 5.68. The molecule has 1 aromatic rings. The summed E-state index contributed by atoms with van der Waals surface area (Å²) < 4.78 is 19.0. The van der Waals surface area contributed by atoms with E-state index < -0.39 is 11.4 Å². The number of halogens is 1. The summed E-state index contributed by atoms with van der Waals surface area (Å²) in [5.74, 6) is -0.0367. The lowest BCUT2D eigenvalue weighted by molar-refractivity contribution is 0.00517. The summed E-state index contributed by atoms with van der Waals surface area (Å²) in [4.78, 5) is 0. The number of rotatable bonds is 4. The highest BCUT2D eigenvalue weighted by molar-refractivity contribution is 5.35. The zero-order chi connectivity index (χ0) is 11.8. The molecular formula is C13H17FO2. The Morgan fingerprint density at radius 2 is 2.19 bits per heavy atom. The summed E-state index contributed by atoms with van der Waals surface area (Å²) in [6.45, 7) is 1.89. The van der Waals surface area contributed by atoms with Crippen LogP contribution < -0.4 is 4.74 Å². The van der Waals surface area contributed by atoms with E-state index in [2.05, 4.69) is 0 Å². The minimum absolute atomic E-state index is 0.194. The second kappa shape index (κ2) is 4.06. The second-order valence-corrected chi connectivity index (χ2v) is 4.37. The average Bonchev–Trinajstić information content (AvgIpc) is 3.12. The van der Waals surface area contributed by atoms with Gasteiger partial charge in [-0.05, 0) is 31.2 Å². The molecule has 1 unspecified atom stereocenters. The summed E-state index contributed by atoms with van der Waals surface area (Å²) in [5, 5.41) is 10.5. The van der Waals surface area contributed by atoms with Crippen molar-refractivity contribution in [2.24, 2.45) is 5.92 Å². The molecule has 1 atom stereocenters. The van der Waals surface area contributed by atoms with E-state index in [0.29, 0.717) is 12.0 Å². The average molecular weight is 224 g/mol. The van der Waals surface area contributed by atoms with Crippen LogP contribution in [0.25, 0.3) is 0 Å². The van der Waals surface area contributed by atoms with Crippen LogP contribution in [0.5, 0.6) is 5.75 Å². The third kappa shape index (κ3) is 1.69. The lowest BCUT2D eigenvalue weighted by atomic mass is 9.86. The summed E-state index contributed by atoms with van der Waals surface area (Å²) >= 11 is 0. The van der Waals surface area contributed by atoms with Gasteiger partial charge in [0.15, 0.2) is 11.6 Å². The van der Waals surface area contributed by atoms with Gasteiger partial charge in [0.05, 0.1) is 12.7 Å². The van der Waals surface area contributed by atoms with Gasteiger partial charge in [-0.3, -0.25) is 0 Å². The molecule has 0 aliphatic heterocycles. The Hall–Kier alpha value is -1.09. The third-order valence-corrected chi connectivity index (χ3v) is 3.44. The fourth-order valence-electron chi connectivity index (χ4n) is 2.26. The van der Waals surface area contributed by atoms with Crippen LogP contribution in [0.2, 0.25) is 0 Å². The first-order chi connectivity index (χ1) is 7.63. The highest BCUT2D eigenvalue weighted by Gasteiger charge is 2.45. The molecule has 0 aromatic heterocycles. The zero-order valence-corrected chi connectivity index (χ0v) is 9.66. The van der Waals surface area contributed by atoms with Gasteiger partial charge >= 0.3 is 0 Å². The van der Waals surface area contributed by atoms with Crippen LogP contribution in [0.15, 0.2) is 18.2 Å². The lowest BCUT2D eigenvalue weighted by Crippen LogP contribution is -2.28. The van der Waals surface area contributed by atoms with E-state index in [9.17, 15) is 9.50 Å². The Balaban J connectivity index is 2.45. The van der Waals surface area contributed by atoms with Crippen LogP contribution in [0.1, 0.15) is 31.7 Å². The molecule has 0 spiro atoms. The minimum Gasteiger partial charge on any atom is -0.494 e. The van der Waals surface area contributed by atoms with Crippen molar-refractivity contribution in [3.8, 4) is 5.75 Å². The Bertz CT molecular complexity index is 388. The fraction of sp³-hybridized carbons (Fsp3) is 0.538. The molecule has 0 bridgehead atoms. The Morgan fingerprint density at radius 1 is 1.50 bits per heavy atom. The van der Waals surface area contributed by atoms with Crippen molar-refractivity contribution < 1.29 is 14.2 Å². The summed E-state index contributed by atoms with van der Waals surface area (Å²) in [6, 6.07) is 4.95. The quantitative estimate of drug-likeness (QED) is 0.852. The molecule has 0 saturated heterocycles. The van der Waals surface area contributed by atoms with Crippen molar-refractivity contribution >= 4 is 0 Å². The van der Waals surface area contributed by atoms with Gasteiger partial charge in [0.2, 0.25) is 0 Å². The standard InChI is InChI=1S/C13H17FO2/c1-3-13(15,9-7-8-9)10-5-4-6-11(16-2)12(10)14/h4-6,9,15H,3,7-8H2,1-2H3. The molecule has 88 valence electrons. The van der Waals surface area contributed by atoms with E-state index in [1.807, 2.05) is 6.92 Å². The van der Waals surface area contributed by atoms with Crippen molar-refractivity contribution in [2.45, 2.75) is 31.8 Å². The Labute approximate surface area is 95.1 Å². The molecule has 2 rings (SSSR count). The van der Waals surface area contributed by atoms with E-state index >= 15 is 0 Å². The van der Waals surface area contributed by atoms with Crippen molar-refractivity contribution in [2.75, 3.05) is 7.11 Å². The monoisotopic (exact) mass is 224 g/mol. The third-order valence-electron chi connectivity index (χ3n) is 3.44. The molecule has 1 aliphatic carbocycles. The van der Waals surface area contributed by atoms with E-state index in [-0.39, 0.29) is 11.7 Å². The van der Waals surface area contributed by atoms with Gasteiger partial charge in [0.25, 0.3) is 0 Å². The maximum atomic E-state index is 14.1. The topological polar surface area (TPSA) is 29.5 Å². The molecule has 0 amide bonds. The number of hydrogen-bond acceptors (Lipinski definition) is 2. The van der Waals surface area contributed by atoms with Crippen molar-refractivity contribution in [1.29, 1.82) is 0 Å². The van der Waals surface area contributed by atoms with Crippen LogP contribution in [0.4, 0.5) is 4.39 Å². The highest BCUT2D eigenvalue weighted by Crippen LogP contribution is 2.48. The Morgan fingerprint density at radius 3 is 2.69 bits per heavy atom. The highest BCUT2D eigenvalue weighted by atomic mass is 19.1. The maximum absolute atomic E-state index is 14.1. The molecule has 2 nitrogen and oxygen atoms in total. The molecule has 1 aliphatic rings. The first-order valence-corrected chi connectivity index (χ1v) is 5.68. The number of ether oxygens (including phenoxy) is 1. The number of methoxy groups -OCH3 is 1. The van der Waals surface area contributed by atoms with Crippen molar-refractivity contribution in [3.63, 3.8) is 0 Å². The fourth-order valence-corrected chi connectivity index (χ4v) is 2.26. The summed E-state index contributed by atoms with van der Waals surface area (Å²) in [6.07, 6.45) is 2.48. The Kier molecular flexibility index (Phi) is 2.89. The number of benzene rings is 1. The van der Waals surface area contributed by atoms with Crippen LogP contribution in [0.3, 0.4) is 0 Å². The van der Waals surface area contributed by atoms with E-state index in [1.54, 1.807) is 18.2 Å². The van der Waals surface area contributed by atoms with Crippen LogP contribution in [0, 0.1) is 11.7 Å². The molecule has 1 N–H and O–H groups in total. The van der Waals surface area contributed by atoms with E-state index in [0.717, 1.165) is 12.8 Å². The van der Waals surface area contributed by atoms with Crippen LogP contribution >= 0.6 is 0 Å². The van der Waals surface area contributed by atoms with Crippen molar-refractivity contribution in [1.82, 2.24) is 0 Å². The summed E-state index contributed by atoms with van der Waals surface area (Å²) in [5.41, 5.74) is -0.657. The van der Waals surface area contributed by atoms with Crippen LogP contribution in [-0.2, 0) is 5.60 Å². The minimum atomic E-state index is -1.03. The SMILES string of the molecule is CCC(O)(c1cccc(OC)c1F)C1CC1. The predicted octanol–water partition coefficient (Wildman–Crippen LogP) is 2.84. The molecular weight excluding hydrogens is 207 g/mol.